The number of carbonyl (C=O) groups excluding carboxylic acids is 1. The van der Waals surface area contributed by atoms with Crippen LogP contribution >= 0.6 is 0 Å². The van der Waals surface area contributed by atoms with Gasteiger partial charge in [0.1, 0.15) is 6.61 Å². The van der Waals surface area contributed by atoms with Crippen molar-refractivity contribution in [2.45, 2.75) is 52.3 Å². The Kier molecular flexibility index (Phi) is 8.21. The first-order valence-corrected chi connectivity index (χ1v) is 8.30. The second-order valence-corrected chi connectivity index (χ2v) is 7.03. The molecule has 1 aromatic carbocycles. The molecular formula is C18H28N2O5. The van der Waals surface area contributed by atoms with E-state index in [4.69, 9.17) is 9.84 Å². The number of rotatable bonds is 8. The van der Waals surface area contributed by atoms with Gasteiger partial charge in [0.2, 0.25) is 0 Å². The maximum Gasteiger partial charge on any atom is 0.407 e. The maximum absolute atomic E-state index is 12.1. The summed E-state index contributed by atoms with van der Waals surface area (Å²) in [6.07, 6.45) is -0.781. The largest absolute Gasteiger partial charge is 0.465 e. The fourth-order valence-corrected chi connectivity index (χ4v) is 2.38. The van der Waals surface area contributed by atoms with Crippen LogP contribution < -0.4 is 10.6 Å². The van der Waals surface area contributed by atoms with Crippen LogP contribution in [-0.4, -0.2) is 41.1 Å². The van der Waals surface area contributed by atoms with Crippen molar-refractivity contribution in [1.29, 1.82) is 0 Å². The quantitative estimate of drug-likeness (QED) is 0.575. The first-order valence-electron chi connectivity index (χ1n) is 8.30. The van der Waals surface area contributed by atoms with Crippen molar-refractivity contribution < 1.29 is 24.5 Å². The van der Waals surface area contributed by atoms with Crippen LogP contribution in [0.3, 0.4) is 0 Å². The van der Waals surface area contributed by atoms with Crippen LogP contribution in [0.1, 0.15) is 39.2 Å². The minimum atomic E-state index is -1.18. The minimum Gasteiger partial charge on any atom is -0.465 e. The van der Waals surface area contributed by atoms with Crippen LogP contribution in [0.2, 0.25) is 0 Å². The number of carbonyl (C=O) groups is 2. The summed E-state index contributed by atoms with van der Waals surface area (Å²) in [7, 11) is 0. The molecule has 4 N–H and O–H groups in total. The molecule has 1 aromatic rings. The summed E-state index contributed by atoms with van der Waals surface area (Å²) in [4.78, 5) is 22.8. The Balaban J connectivity index is 2.54. The van der Waals surface area contributed by atoms with E-state index < -0.39 is 18.2 Å². The molecule has 0 aliphatic rings. The van der Waals surface area contributed by atoms with Gasteiger partial charge >= 0.3 is 12.2 Å². The summed E-state index contributed by atoms with van der Waals surface area (Å²) in [5, 5.41) is 23.1. The number of alkyl carbamates (subject to hydrolysis) is 1. The molecule has 0 fully saturated rings. The van der Waals surface area contributed by atoms with Gasteiger partial charge in [0, 0.05) is 6.04 Å². The first kappa shape index (κ1) is 20.8. The number of benzene rings is 1. The smallest absolute Gasteiger partial charge is 0.407 e. The Morgan fingerprint density at radius 2 is 1.76 bits per heavy atom. The zero-order chi connectivity index (χ0) is 18.9. The minimum absolute atomic E-state index is 0.184. The van der Waals surface area contributed by atoms with Gasteiger partial charge in [0.15, 0.2) is 0 Å². The van der Waals surface area contributed by atoms with Gasteiger partial charge < -0.3 is 25.6 Å². The fourth-order valence-electron chi connectivity index (χ4n) is 2.38. The zero-order valence-corrected chi connectivity index (χ0v) is 15.0. The molecule has 0 aliphatic carbocycles. The van der Waals surface area contributed by atoms with E-state index in [-0.39, 0.29) is 24.7 Å². The highest BCUT2D eigenvalue weighted by atomic mass is 16.5. The monoisotopic (exact) mass is 352 g/mol. The average Bonchev–Trinajstić information content (AvgIpc) is 2.55. The molecule has 0 aliphatic heterocycles. The van der Waals surface area contributed by atoms with Crippen molar-refractivity contribution in [3.8, 4) is 0 Å². The Morgan fingerprint density at radius 3 is 2.28 bits per heavy atom. The Bertz CT molecular complexity index is 542. The molecule has 2 unspecified atom stereocenters. The van der Waals surface area contributed by atoms with Crippen LogP contribution in [0.4, 0.5) is 9.59 Å². The second-order valence-electron chi connectivity index (χ2n) is 7.03. The topological polar surface area (TPSA) is 108 Å². The van der Waals surface area contributed by atoms with E-state index >= 15 is 0 Å². The van der Waals surface area contributed by atoms with Crippen LogP contribution in [0, 0.1) is 5.41 Å². The van der Waals surface area contributed by atoms with E-state index in [1.54, 1.807) is 0 Å². The van der Waals surface area contributed by atoms with Gasteiger partial charge in [0.05, 0.1) is 12.6 Å². The summed E-state index contributed by atoms with van der Waals surface area (Å²) in [5.41, 5.74) is 0.658. The molecule has 0 spiro atoms. The van der Waals surface area contributed by atoms with E-state index in [9.17, 15) is 14.7 Å². The third kappa shape index (κ3) is 8.39. The summed E-state index contributed by atoms with van der Waals surface area (Å²) < 4.78 is 5.24. The molecule has 2 amide bonds. The van der Waals surface area contributed by atoms with Crippen molar-refractivity contribution >= 4 is 12.2 Å². The van der Waals surface area contributed by atoms with Crippen molar-refractivity contribution in [2.75, 3.05) is 6.61 Å². The van der Waals surface area contributed by atoms with Crippen molar-refractivity contribution in [3.63, 3.8) is 0 Å². The molecule has 140 valence electrons. The van der Waals surface area contributed by atoms with Crippen molar-refractivity contribution in [2.24, 2.45) is 5.41 Å². The molecule has 0 bridgehead atoms. The number of hydrogen-bond acceptors (Lipinski definition) is 4. The summed E-state index contributed by atoms with van der Waals surface area (Å²) in [6, 6.07) is 8.60. The Hall–Kier alpha value is -2.28. The van der Waals surface area contributed by atoms with Gasteiger partial charge in [-0.1, -0.05) is 51.1 Å². The second kappa shape index (κ2) is 9.88. The highest BCUT2D eigenvalue weighted by Crippen LogP contribution is 2.23. The Morgan fingerprint density at radius 1 is 1.12 bits per heavy atom. The maximum atomic E-state index is 12.1. The SMILES string of the molecule is CC(C)(C)C(CCC(CO)NC(=O)O)NC(=O)OCc1ccccc1. The summed E-state index contributed by atoms with van der Waals surface area (Å²) in [6.45, 7) is 5.83. The predicted octanol–water partition coefficient (Wildman–Crippen LogP) is 2.74. The van der Waals surface area contributed by atoms with Gasteiger partial charge in [-0.3, -0.25) is 0 Å². The van der Waals surface area contributed by atoms with Gasteiger partial charge in [0.25, 0.3) is 0 Å². The number of amides is 2. The number of aliphatic hydroxyl groups is 1. The molecular weight excluding hydrogens is 324 g/mol. The lowest BCUT2D eigenvalue weighted by Gasteiger charge is -2.32. The summed E-state index contributed by atoms with van der Waals surface area (Å²) in [5.74, 6) is 0. The van der Waals surface area contributed by atoms with Crippen molar-refractivity contribution in [3.05, 3.63) is 35.9 Å². The fraction of sp³-hybridized carbons (Fsp3) is 0.556. The lowest BCUT2D eigenvalue weighted by atomic mass is 9.83. The molecule has 25 heavy (non-hydrogen) atoms. The van der Waals surface area contributed by atoms with Gasteiger partial charge in [-0.25, -0.2) is 9.59 Å². The van der Waals surface area contributed by atoms with Gasteiger partial charge in [-0.15, -0.1) is 0 Å². The summed E-state index contributed by atoms with van der Waals surface area (Å²) >= 11 is 0. The highest BCUT2D eigenvalue weighted by molar-refractivity contribution is 5.67. The average molecular weight is 352 g/mol. The number of aliphatic hydroxyl groups excluding tert-OH is 1. The van der Waals surface area contributed by atoms with Crippen LogP contribution in [0.5, 0.6) is 0 Å². The highest BCUT2D eigenvalue weighted by Gasteiger charge is 2.27. The lowest BCUT2D eigenvalue weighted by Crippen LogP contribution is -2.45. The van der Waals surface area contributed by atoms with Crippen LogP contribution in [0.15, 0.2) is 30.3 Å². The molecule has 0 radical (unpaired) electrons. The molecule has 0 aromatic heterocycles. The van der Waals surface area contributed by atoms with E-state index in [0.717, 1.165) is 5.56 Å². The number of ether oxygens (including phenoxy) is 1. The molecule has 0 saturated carbocycles. The third-order valence-corrected chi connectivity index (χ3v) is 3.90. The van der Waals surface area contributed by atoms with Crippen molar-refractivity contribution in [1.82, 2.24) is 10.6 Å². The molecule has 1 rings (SSSR count). The van der Waals surface area contributed by atoms with E-state index in [0.29, 0.717) is 12.8 Å². The predicted molar refractivity (Wildman–Crippen MR) is 94.3 cm³/mol. The van der Waals surface area contributed by atoms with E-state index in [2.05, 4.69) is 10.6 Å². The van der Waals surface area contributed by atoms with E-state index in [1.165, 1.54) is 0 Å². The normalized spacial score (nSPS) is 13.6. The van der Waals surface area contributed by atoms with Gasteiger partial charge in [-0.2, -0.15) is 0 Å². The van der Waals surface area contributed by atoms with Crippen LogP contribution in [-0.2, 0) is 11.3 Å². The molecule has 0 heterocycles. The van der Waals surface area contributed by atoms with Gasteiger partial charge in [-0.05, 0) is 23.8 Å². The standard InChI is InChI=1S/C18H28N2O5/c1-18(2,3)15(10-9-14(11-21)19-16(22)23)20-17(24)25-12-13-7-5-4-6-8-13/h4-8,14-15,19,21H,9-12H2,1-3H3,(H,20,24)(H,22,23). The number of nitrogens with one attached hydrogen (secondary N) is 2. The first-order chi connectivity index (χ1) is 11.7. The molecule has 2 atom stereocenters. The van der Waals surface area contributed by atoms with Crippen LogP contribution in [0.25, 0.3) is 0 Å². The number of carboxylic acid groups (broad SMARTS) is 1. The third-order valence-electron chi connectivity index (χ3n) is 3.90. The lowest BCUT2D eigenvalue weighted by molar-refractivity contribution is 0.122. The Labute approximate surface area is 148 Å². The van der Waals surface area contributed by atoms with E-state index in [1.807, 2.05) is 51.1 Å². The molecule has 7 nitrogen and oxygen atoms in total. The molecule has 0 saturated heterocycles. The molecule has 7 heteroatoms. The zero-order valence-electron chi connectivity index (χ0n) is 15.0. The number of hydrogen-bond donors (Lipinski definition) is 4.